The molecule has 8 heteroatoms. The smallest absolute Gasteiger partial charge is 0.264 e. The van der Waals surface area contributed by atoms with Crippen molar-refractivity contribution in [2.45, 2.75) is 45.4 Å². The van der Waals surface area contributed by atoms with Crippen LogP contribution in [0.4, 0.5) is 0 Å². The number of halogens is 2. The third-order valence-corrected chi connectivity index (χ3v) is 6.11. The standard InChI is InChI=1S/C21H25Cl2NO4S/c1-2-3-4-5-6-7-14-29(26,27)24-21(25)16-8-11-18(12-9-16)28-20-13-10-17(22)15-19(20)23/h8-13,15H,2-7,14H2,1H3,(H,24,25). The third kappa shape index (κ3) is 8.25. The highest BCUT2D eigenvalue weighted by Gasteiger charge is 2.16. The molecule has 0 aromatic heterocycles. The molecule has 2 aromatic carbocycles. The zero-order chi connectivity index (χ0) is 21.3. The van der Waals surface area contributed by atoms with Crippen LogP contribution in [0, 0.1) is 0 Å². The normalized spacial score (nSPS) is 11.3. The number of ether oxygens (including phenoxy) is 1. The summed E-state index contributed by atoms with van der Waals surface area (Å²) < 4.78 is 32.0. The number of hydrogen-bond donors (Lipinski definition) is 1. The Hall–Kier alpha value is -1.76. The summed E-state index contributed by atoms with van der Waals surface area (Å²) in [6, 6.07) is 11.0. The molecular weight excluding hydrogens is 433 g/mol. The molecule has 0 saturated carbocycles. The first-order valence-electron chi connectivity index (χ1n) is 9.58. The molecule has 1 amide bonds. The maximum atomic E-state index is 12.2. The Labute approximate surface area is 182 Å². The first-order valence-corrected chi connectivity index (χ1v) is 12.0. The van der Waals surface area contributed by atoms with Crippen LogP contribution in [0.5, 0.6) is 11.5 Å². The largest absolute Gasteiger partial charge is 0.456 e. The van der Waals surface area contributed by atoms with Crippen LogP contribution >= 0.6 is 23.2 Å². The highest BCUT2D eigenvalue weighted by Crippen LogP contribution is 2.31. The van der Waals surface area contributed by atoms with Crippen LogP contribution in [0.3, 0.4) is 0 Å². The highest BCUT2D eigenvalue weighted by atomic mass is 35.5. The minimum absolute atomic E-state index is 0.0544. The van der Waals surface area contributed by atoms with Gasteiger partial charge in [-0.1, -0.05) is 62.2 Å². The molecule has 0 spiro atoms. The monoisotopic (exact) mass is 457 g/mol. The van der Waals surface area contributed by atoms with E-state index in [4.69, 9.17) is 27.9 Å². The number of carbonyl (C=O) groups is 1. The van der Waals surface area contributed by atoms with E-state index < -0.39 is 15.9 Å². The number of unbranched alkanes of at least 4 members (excludes halogenated alkanes) is 5. The molecule has 0 unspecified atom stereocenters. The van der Waals surface area contributed by atoms with E-state index in [2.05, 4.69) is 11.6 Å². The Morgan fingerprint density at radius 2 is 1.62 bits per heavy atom. The van der Waals surface area contributed by atoms with Gasteiger partial charge in [0.05, 0.1) is 10.8 Å². The van der Waals surface area contributed by atoms with Crippen molar-refractivity contribution >= 4 is 39.1 Å². The van der Waals surface area contributed by atoms with Crippen LogP contribution in [0.2, 0.25) is 10.0 Å². The third-order valence-electron chi connectivity index (χ3n) is 4.25. The van der Waals surface area contributed by atoms with Crippen LogP contribution in [-0.4, -0.2) is 20.1 Å². The van der Waals surface area contributed by atoms with Gasteiger partial charge in [-0.05, 0) is 48.9 Å². The number of sulfonamides is 1. The van der Waals surface area contributed by atoms with E-state index in [9.17, 15) is 13.2 Å². The van der Waals surface area contributed by atoms with Gasteiger partial charge in [0.25, 0.3) is 5.91 Å². The second-order valence-electron chi connectivity index (χ2n) is 6.72. The molecule has 0 aliphatic rings. The zero-order valence-electron chi connectivity index (χ0n) is 16.3. The summed E-state index contributed by atoms with van der Waals surface area (Å²) in [7, 11) is -3.65. The number of benzene rings is 2. The van der Waals surface area contributed by atoms with Gasteiger partial charge in [0, 0.05) is 10.6 Å². The molecule has 2 aromatic rings. The quantitative estimate of drug-likeness (QED) is 0.407. The number of carbonyl (C=O) groups excluding carboxylic acids is 1. The highest BCUT2D eigenvalue weighted by molar-refractivity contribution is 7.90. The van der Waals surface area contributed by atoms with Crippen molar-refractivity contribution < 1.29 is 17.9 Å². The number of hydrogen-bond acceptors (Lipinski definition) is 4. The van der Waals surface area contributed by atoms with Gasteiger partial charge >= 0.3 is 0 Å². The summed E-state index contributed by atoms with van der Waals surface area (Å²) in [5, 5.41) is 0.858. The summed E-state index contributed by atoms with van der Waals surface area (Å²) >= 11 is 11.9. The van der Waals surface area contributed by atoms with Crippen molar-refractivity contribution in [2.75, 3.05) is 5.75 Å². The van der Waals surface area contributed by atoms with E-state index in [-0.39, 0.29) is 11.3 Å². The molecule has 0 bridgehead atoms. The van der Waals surface area contributed by atoms with Crippen molar-refractivity contribution in [1.29, 1.82) is 0 Å². The van der Waals surface area contributed by atoms with Gasteiger partial charge in [-0.25, -0.2) is 13.1 Å². The second-order valence-corrected chi connectivity index (χ2v) is 9.40. The Morgan fingerprint density at radius 1 is 0.966 bits per heavy atom. The topological polar surface area (TPSA) is 72.5 Å². The number of rotatable bonds is 11. The van der Waals surface area contributed by atoms with Crippen LogP contribution in [0.25, 0.3) is 0 Å². The van der Waals surface area contributed by atoms with E-state index in [1.807, 2.05) is 0 Å². The van der Waals surface area contributed by atoms with Gasteiger partial charge < -0.3 is 4.74 Å². The molecule has 29 heavy (non-hydrogen) atoms. The lowest BCUT2D eigenvalue weighted by Gasteiger charge is -2.09. The summed E-state index contributed by atoms with van der Waals surface area (Å²) in [4.78, 5) is 12.2. The molecule has 0 saturated heterocycles. The SMILES string of the molecule is CCCCCCCCS(=O)(=O)NC(=O)c1ccc(Oc2ccc(Cl)cc2Cl)cc1. The van der Waals surface area contributed by atoms with Crippen molar-refractivity contribution in [1.82, 2.24) is 4.72 Å². The van der Waals surface area contributed by atoms with Crippen LogP contribution in [-0.2, 0) is 10.0 Å². The summed E-state index contributed by atoms with van der Waals surface area (Å²) in [6.07, 6.45) is 5.81. The summed E-state index contributed by atoms with van der Waals surface area (Å²) in [6.45, 7) is 2.13. The second kappa shape index (κ2) is 11.4. The van der Waals surface area contributed by atoms with Crippen LogP contribution in [0.15, 0.2) is 42.5 Å². The first-order chi connectivity index (χ1) is 13.8. The Balaban J connectivity index is 1.87. The van der Waals surface area contributed by atoms with Gasteiger partial charge in [-0.2, -0.15) is 0 Å². The first kappa shape index (κ1) is 23.5. The minimum Gasteiger partial charge on any atom is -0.456 e. The minimum atomic E-state index is -3.65. The molecule has 0 aliphatic carbocycles. The van der Waals surface area contributed by atoms with Crippen molar-refractivity contribution in [3.8, 4) is 11.5 Å². The van der Waals surface area contributed by atoms with Crippen LogP contribution < -0.4 is 9.46 Å². The molecule has 1 N–H and O–H groups in total. The van der Waals surface area contributed by atoms with E-state index in [1.54, 1.807) is 30.3 Å². The fourth-order valence-electron chi connectivity index (χ4n) is 2.68. The lowest BCUT2D eigenvalue weighted by molar-refractivity contribution is 0.0981. The molecule has 0 radical (unpaired) electrons. The molecule has 0 fully saturated rings. The van der Waals surface area contributed by atoms with E-state index in [0.29, 0.717) is 28.0 Å². The van der Waals surface area contributed by atoms with Gasteiger partial charge in [0.15, 0.2) is 0 Å². The average Bonchev–Trinajstić information content (AvgIpc) is 2.67. The molecule has 5 nitrogen and oxygen atoms in total. The van der Waals surface area contributed by atoms with Gasteiger partial charge in [0.2, 0.25) is 10.0 Å². The maximum absolute atomic E-state index is 12.2. The number of nitrogens with one attached hydrogen (secondary N) is 1. The molecule has 0 aliphatic heterocycles. The van der Waals surface area contributed by atoms with Gasteiger partial charge in [-0.3, -0.25) is 4.79 Å². The molecule has 0 atom stereocenters. The fraction of sp³-hybridized carbons (Fsp3) is 0.381. The van der Waals surface area contributed by atoms with Crippen molar-refractivity contribution in [2.24, 2.45) is 0 Å². The Morgan fingerprint density at radius 3 is 2.28 bits per heavy atom. The summed E-state index contributed by atoms with van der Waals surface area (Å²) in [5.41, 5.74) is 0.228. The van der Waals surface area contributed by atoms with Gasteiger partial charge in [-0.15, -0.1) is 0 Å². The predicted molar refractivity (Wildman–Crippen MR) is 118 cm³/mol. The molecule has 2 rings (SSSR count). The fourth-order valence-corrected chi connectivity index (χ4v) is 4.22. The van der Waals surface area contributed by atoms with Crippen LogP contribution in [0.1, 0.15) is 55.8 Å². The Kier molecular flexibility index (Phi) is 9.27. The summed E-state index contributed by atoms with van der Waals surface area (Å²) in [5.74, 6) is 0.170. The Bertz CT molecular complexity index is 915. The average molecular weight is 458 g/mol. The van der Waals surface area contributed by atoms with E-state index in [1.165, 1.54) is 12.1 Å². The predicted octanol–water partition coefficient (Wildman–Crippen LogP) is 6.21. The van der Waals surface area contributed by atoms with E-state index in [0.717, 1.165) is 32.1 Å². The van der Waals surface area contributed by atoms with Crippen molar-refractivity contribution in [3.63, 3.8) is 0 Å². The molecule has 0 heterocycles. The lowest BCUT2D eigenvalue weighted by Crippen LogP contribution is -2.32. The molecule has 158 valence electrons. The van der Waals surface area contributed by atoms with E-state index >= 15 is 0 Å². The molecular formula is C21H25Cl2NO4S. The zero-order valence-corrected chi connectivity index (χ0v) is 18.6. The van der Waals surface area contributed by atoms with Crippen molar-refractivity contribution in [3.05, 3.63) is 58.1 Å². The van der Waals surface area contributed by atoms with Gasteiger partial charge in [0.1, 0.15) is 11.5 Å². The lowest BCUT2D eigenvalue weighted by atomic mass is 10.1. The maximum Gasteiger partial charge on any atom is 0.264 e. The number of amides is 1.